The Bertz CT molecular complexity index is 524. The number of unbranched alkanes of at least 4 members (excludes halogenated alkanes) is 1. The van der Waals surface area contributed by atoms with Crippen LogP contribution in [0.1, 0.15) is 26.2 Å². The summed E-state index contributed by atoms with van der Waals surface area (Å²) < 4.78 is 5.99. The molecule has 0 aliphatic carbocycles. The van der Waals surface area contributed by atoms with Crippen LogP contribution in [0.25, 0.3) is 11.1 Å². The van der Waals surface area contributed by atoms with Gasteiger partial charge in [0.05, 0.1) is 6.61 Å². The number of hydrogen-bond acceptors (Lipinski definition) is 2. The Morgan fingerprint density at radius 2 is 1.67 bits per heavy atom. The molecule has 0 heterocycles. The van der Waals surface area contributed by atoms with Gasteiger partial charge in [-0.05, 0) is 44.9 Å². The van der Waals surface area contributed by atoms with E-state index in [-0.39, 0.29) is 0 Å². The van der Waals surface area contributed by atoms with Gasteiger partial charge >= 0.3 is 0 Å². The normalized spacial score (nSPS) is 12.1. The van der Waals surface area contributed by atoms with E-state index in [1.165, 1.54) is 24.0 Å². The van der Waals surface area contributed by atoms with Crippen molar-refractivity contribution < 1.29 is 4.74 Å². The zero-order valence-electron chi connectivity index (χ0n) is 13.0. The van der Waals surface area contributed by atoms with Gasteiger partial charge in [0.2, 0.25) is 0 Å². The Morgan fingerprint density at radius 3 is 2.43 bits per heavy atom. The molecule has 0 spiro atoms. The van der Waals surface area contributed by atoms with Crippen molar-refractivity contribution in [3.05, 3.63) is 54.6 Å². The second-order valence-corrected chi connectivity index (χ2v) is 5.40. The number of benzene rings is 2. The number of para-hydroxylation sites is 1. The minimum Gasteiger partial charge on any atom is -0.493 e. The van der Waals surface area contributed by atoms with Crippen molar-refractivity contribution in [3.8, 4) is 16.9 Å². The molecule has 21 heavy (non-hydrogen) atoms. The van der Waals surface area contributed by atoms with Crippen molar-refractivity contribution in [2.75, 3.05) is 13.7 Å². The van der Waals surface area contributed by atoms with Crippen molar-refractivity contribution in [2.24, 2.45) is 0 Å². The predicted octanol–water partition coefficient (Wildman–Crippen LogP) is 4.51. The van der Waals surface area contributed by atoms with Crippen LogP contribution in [0.15, 0.2) is 54.6 Å². The molecular weight excluding hydrogens is 258 g/mol. The fourth-order valence-corrected chi connectivity index (χ4v) is 2.33. The molecule has 2 rings (SSSR count). The summed E-state index contributed by atoms with van der Waals surface area (Å²) in [5.74, 6) is 0.977. The van der Waals surface area contributed by atoms with Crippen LogP contribution in [0.4, 0.5) is 0 Å². The van der Waals surface area contributed by atoms with Crippen LogP contribution in [0.5, 0.6) is 5.75 Å². The first-order valence-corrected chi connectivity index (χ1v) is 7.76. The molecule has 2 nitrogen and oxygen atoms in total. The lowest BCUT2D eigenvalue weighted by atomic mass is 10.0. The highest BCUT2D eigenvalue weighted by molar-refractivity contribution is 5.70. The number of rotatable bonds is 8. The average Bonchev–Trinajstić information content (AvgIpc) is 2.55. The maximum absolute atomic E-state index is 5.99. The topological polar surface area (TPSA) is 21.3 Å². The molecule has 2 aromatic carbocycles. The van der Waals surface area contributed by atoms with Crippen LogP contribution in [-0.4, -0.2) is 19.7 Å². The van der Waals surface area contributed by atoms with E-state index in [1.807, 2.05) is 19.2 Å². The van der Waals surface area contributed by atoms with Gasteiger partial charge in [0.15, 0.2) is 0 Å². The first kappa shape index (κ1) is 15.6. The third-order valence-electron chi connectivity index (χ3n) is 3.75. The Hall–Kier alpha value is -1.80. The summed E-state index contributed by atoms with van der Waals surface area (Å²) in [6.45, 7) is 2.99. The standard InChI is InChI=1S/C19H25NO/c1-16(20-2)10-8-9-15-21-19-14-7-6-13-18(19)17-11-4-3-5-12-17/h3-7,11-14,16,20H,8-10,15H2,1-2H3. The van der Waals surface area contributed by atoms with Gasteiger partial charge < -0.3 is 10.1 Å². The third-order valence-corrected chi connectivity index (χ3v) is 3.75. The molecule has 0 radical (unpaired) electrons. The van der Waals surface area contributed by atoms with E-state index in [1.54, 1.807) is 0 Å². The van der Waals surface area contributed by atoms with E-state index in [0.29, 0.717) is 6.04 Å². The average molecular weight is 283 g/mol. The fourth-order valence-electron chi connectivity index (χ4n) is 2.33. The third kappa shape index (κ3) is 4.91. The highest BCUT2D eigenvalue weighted by atomic mass is 16.5. The second-order valence-electron chi connectivity index (χ2n) is 5.40. The smallest absolute Gasteiger partial charge is 0.127 e. The van der Waals surface area contributed by atoms with E-state index in [2.05, 4.69) is 54.7 Å². The molecule has 0 aromatic heterocycles. The van der Waals surface area contributed by atoms with E-state index in [0.717, 1.165) is 18.8 Å². The molecule has 0 aliphatic heterocycles. The number of hydrogen-bond donors (Lipinski definition) is 1. The van der Waals surface area contributed by atoms with Gasteiger partial charge in [0, 0.05) is 11.6 Å². The van der Waals surface area contributed by atoms with Gasteiger partial charge in [0.25, 0.3) is 0 Å². The summed E-state index contributed by atoms with van der Waals surface area (Å²) in [4.78, 5) is 0. The first-order chi connectivity index (χ1) is 10.3. The molecule has 2 aromatic rings. The van der Waals surface area contributed by atoms with Gasteiger partial charge in [-0.2, -0.15) is 0 Å². The lowest BCUT2D eigenvalue weighted by Gasteiger charge is -2.13. The van der Waals surface area contributed by atoms with Crippen molar-refractivity contribution in [1.29, 1.82) is 0 Å². The van der Waals surface area contributed by atoms with Crippen LogP contribution in [-0.2, 0) is 0 Å². The SMILES string of the molecule is CNC(C)CCCCOc1ccccc1-c1ccccc1. The molecule has 2 heteroatoms. The quantitative estimate of drug-likeness (QED) is 0.720. The van der Waals surface area contributed by atoms with Crippen LogP contribution in [0.3, 0.4) is 0 Å². The molecule has 1 unspecified atom stereocenters. The highest BCUT2D eigenvalue weighted by Gasteiger charge is 2.05. The monoisotopic (exact) mass is 283 g/mol. The summed E-state index contributed by atoms with van der Waals surface area (Å²) >= 11 is 0. The van der Waals surface area contributed by atoms with Crippen LogP contribution >= 0.6 is 0 Å². The first-order valence-electron chi connectivity index (χ1n) is 7.76. The summed E-state index contributed by atoms with van der Waals surface area (Å²) in [7, 11) is 2.01. The molecule has 1 atom stereocenters. The lowest BCUT2D eigenvalue weighted by Crippen LogP contribution is -2.20. The lowest BCUT2D eigenvalue weighted by molar-refractivity contribution is 0.303. The van der Waals surface area contributed by atoms with Gasteiger partial charge in [-0.3, -0.25) is 0 Å². The molecule has 0 saturated carbocycles. The zero-order valence-corrected chi connectivity index (χ0v) is 13.0. The highest BCUT2D eigenvalue weighted by Crippen LogP contribution is 2.29. The molecule has 0 saturated heterocycles. The van der Waals surface area contributed by atoms with Crippen molar-refractivity contribution in [3.63, 3.8) is 0 Å². The number of nitrogens with one attached hydrogen (secondary N) is 1. The Balaban J connectivity index is 1.89. The van der Waals surface area contributed by atoms with E-state index in [4.69, 9.17) is 4.74 Å². The Kier molecular flexibility index (Phi) is 6.29. The maximum Gasteiger partial charge on any atom is 0.127 e. The maximum atomic E-state index is 5.99. The van der Waals surface area contributed by atoms with Gasteiger partial charge in [-0.25, -0.2) is 0 Å². The van der Waals surface area contributed by atoms with Gasteiger partial charge in [-0.15, -0.1) is 0 Å². The largest absolute Gasteiger partial charge is 0.493 e. The molecule has 1 N–H and O–H groups in total. The van der Waals surface area contributed by atoms with Crippen molar-refractivity contribution in [2.45, 2.75) is 32.2 Å². The minimum absolute atomic E-state index is 0.585. The molecule has 0 bridgehead atoms. The van der Waals surface area contributed by atoms with Gasteiger partial charge in [0.1, 0.15) is 5.75 Å². The summed E-state index contributed by atoms with van der Waals surface area (Å²) in [5.41, 5.74) is 2.37. The zero-order chi connectivity index (χ0) is 14.9. The number of ether oxygens (including phenoxy) is 1. The second kappa shape index (κ2) is 8.48. The Morgan fingerprint density at radius 1 is 0.952 bits per heavy atom. The summed E-state index contributed by atoms with van der Waals surface area (Å²) in [6, 6.07) is 19.3. The Labute approximate surface area is 128 Å². The van der Waals surface area contributed by atoms with Crippen LogP contribution < -0.4 is 10.1 Å². The molecule has 0 aliphatic rings. The molecule has 0 amide bonds. The van der Waals surface area contributed by atoms with Gasteiger partial charge in [-0.1, -0.05) is 48.5 Å². The summed E-state index contributed by atoms with van der Waals surface area (Å²) in [5, 5.41) is 3.26. The predicted molar refractivity (Wildman–Crippen MR) is 89.7 cm³/mol. The van der Waals surface area contributed by atoms with E-state index in [9.17, 15) is 0 Å². The summed E-state index contributed by atoms with van der Waals surface area (Å²) in [6.07, 6.45) is 3.48. The van der Waals surface area contributed by atoms with E-state index < -0.39 is 0 Å². The van der Waals surface area contributed by atoms with E-state index >= 15 is 0 Å². The van der Waals surface area contributed by atoms with Crippen molar-refractivity contribution in [1.82, 2.24) is 5.32 Å². The fraction of sp³-hybridized carbons (Fsp3) is 0.368. The van der Waals surface area contributed by atoms with Crippen molar-refractivity contribution >= 4 is 0 Å². The molecular formula is C19H25NO. The molecule has 112 valence electrons. The van der Waals surface area contributed by atoms with Crippen LogP contribution in [0.2, 0.25) is 0 Å². The molecule has 0 fully saturated rings. The van der Waals surface area contributed by atoms with Crippen LogP contribution in [0, 0.1) is 0 Å². The minimum atomic E-state index is 0.585.